The van der Waals surface area contributed by atoms with E-state index in [2.05, 4.69) is 20.8 Å². The second-order valence-electron chi connectivity index (χ2n) is 6.80. The molecule has 0 aromatic rings. The average Bonchev–Trinajstić information content (AvgIpc) is 2.07. The van der Waals surface area contributed by atoms with Gasteiger partial charge in [-0.2, -0.15) is 0 Å². The number of phosphoric ester groups is 1. The largest absolute Gasteiger partial charge is 0.472 e. The highest BCUT2D eigenvalue weighted by atomic mass is 31.2. The van der Waals surface area contributed by atoms with Gasteiger partial charge in [0.2, 0.25) is 0 Å². The normalized spacial score (nSPS) is 16.9. The van der Waals surface area contributed by atoms with Crippen LogP contribution in [0.4, 0.5) is 0 Å². The van der Waals surface area contributed by atoms with Crippen LogP contribution in [0.1, 0.15) is 54.4 Å². The van der Waals surface area contributed by atoms with E-state index in [9.17, 15) is 9.46 Å². The Balaban J connectivity index is 3.83. The van der Waals surface area contributed by atoms with E-state index in [0.29, 0.717) is 0 Å². The molecule has 5 heteroatoms. The first-order valence-corrected chi connectivity index (χ1v) is 7.53. The second kappa shape index (κ2) is 6.33. The molecule has 1 unspecified atom stereocenters. The summed E-state index contributed by atoms with van der Waals surface area (Å²) >= 11 is 0. The van der Waals surface area contributed by atoms with Gasteiger partial charge in [0.1, 0.15) is 0 Å². The van der Waals surface area contributed by atoms with Crippen molar-refractivity contribution in [2.45, 2.75) is 54.4 Å². The smallest absolute Gasteiger partial charge is 0.302 e. The molecule has 0 saturated heterocycles. The third kappa shape index (κ3) is 12.4. The molecule has 0 aromatic carbocycles. The minimum absolute atomic E-state index is 0.146. The molecule has 0 aliphatic carbocycles. The van der Waals surface area contributed by atoms with Crippen LogP contribution in [-0.4, -0.2) is 18.1 Å². The molecule has 104 valence electrons. The van der Waals surface area contributed by atoms with Crippen molar-refractivity contribution >= 4 is 7.82 Å². The first-order chi connectivity index (χ1) is 7.41. The van der Waals surface area contributed by atoms with Crippen molar-refractivity contribution in [3.63, 3.8) is 0 Å². The molecule has 0 aliphatic rings. The first kappa shape index (κ1) is 17.1. The molecule has 1 atom stereocenters. The number of rotatable bonds is 6. The molecule has 0 spiro atoms. The van der Waals surface area contributed by atoms with E-state index >= 15 is 0 Å². The maximum Gasteiger partial charge on any atom is 0.472 e. The lowest BCUT2D eigenvalue weighted by Crippen LogP contribution is -2.14. The van der Waals surface area contributed by atoms with Crippen LogP contribution in [-0.2, 0) is 13.6 Å². The molecule has 0 radical (unpaired) electrons. The molecule has 0 rings (SSSR count). The van der Waals surface area contributed by atoms with E-state index in [1.54, 1.807) is 0 Å². The van der Waals surface area contributed by atoms with E-state index in [1.165, 1.54) is 0 Å². The molecule has 0 heterocycles. The fourth-order valence-corrected chi connectivity index (χ4v) is 2.08. The van der Waals surface area contributed by atoms with Crippen LogP contribution in [0.5, 0.6) is 0 Å². The predicted molar refractivity (Wildman–Crippen MR) is 69.9 cm³/mol. The van der Waals surface area contributed by atoms with Crippen molar-refractivity contribution in [2.75, 3.05) is 13.2 Å². The lowest BCUT2D eigenvalue weighted by molar-refractivity contribution is 0.108. The van der Waals surface area contributed by atoms with E-state index in [-0.39, 0.29) is 24.0 Å². The van der Waals surface area contributed by atoms with Crippen molar-refractivity contribution in [1.82, 2.24) is 0 Å². The van der Waals surface area contributed by atoms with Crippen molar-refractivity contribution in [2.24, 2.45) is 10.8 Å². The van der Waals surface area contributed by atoms with Gasteiger partial charge in [-0.15, -0.1) is 0 Å². The van der Waals surface area contributed by atoms with Crippen LogP contribution < -0.4 is 0 Å². The Morgan fingerprint density at radius 2 is 1.53 bits per heavy atom. The molecular formula is C12H27O4P. The summed E-state index contributed by atoms with van der Waals surface area (Å²) in [5.74, 6) is 0. The van der Waals surface area contributed by atoms with Gasteiger partial charge in [0.05, 0.1) is 13.2 Å². The quantitative estimate of drug-likeness (QED) is 0.583. The molecule has 0 amide bonds. The van der Waals surface area contributed by atoms with Crippen LogP contribution in [0.25, 0.3) is 0 Å². The SMILES string of the molecule is CC(C)(C)CCCOP(=O)(O)OCC(C)(C)C. The molecule has 0 aromatic heterocycles. The minimum Gasteiger partial charge on any atom is -0.302 e. The lowest BCUT2D eigenvalue weighted by atomic mass is 9.91. The Hall–Kier alpha value is 0.110. The molecule has 0 aliphatic heterocycles. The van der Waals surface area contributed by atoms with E-state index < -0.39 is 7.82 Å². The van der Waals surface area contributed by atoms with Crippen LogP contribution in [0.2, 0.25) is 0 Å². The summed E-state index contributed by atoms with van der Waals surface area (Å²) in [4.78, 5) is 9.42. The topological polar surface area (TPSA) is 55.8 Å². The van der Waals surface area contributed by atoms with Gasteiger partial charge in [0.15, 0.2) is 0 Å². The van der Waals surface area contributed by atoms with E-state index in [0.717, 1.165) is 12.8 Å². The van der Waals surface area contributed by atoms with Crippen LogP contribution >= 0.6 is 7.82 Å². The standard InChI is InChI=1S/C12H27O4P/c1-11(2,3)8-7-9-15-17(13,14)16-10-12(4,5)6/h7-10H2,1-6H3,(H,13,14). The molecule has 17 heavy (non-hydrogen) atoms. The Bertz CT molecular complexity index is 263. The molecular weight excluding hydrogens is 239 g/mol. The van der Waals surface area contributed by atoms with Crippen LogP contribution in [0, 0.1) is 10.8 Å². The van der Waals surface area contributed by atoms with Crippen molar-refractivity contribution in [3.8, 4) is 0 Å². The Morgan fingerprint density at radius 1 is 1.00 bits per heavy atom. The summed E-state index contributed by atoms with van der Waals surface area (Å²) in [6.07, 6.45) is 1.71. The van der Waals surface area contributed by atoms with Crippen LogP contribution in [0.15, 0.2) is 0 Å². The summed E-state index contributed by atoms with van der Waals surface area (Å²) < 4.78 is 21.3. The highest BCUT2D eigenvalue weighted by Gasteiger charge is 2.24. The number of phosphoric acid groups is 1. The summed E-state index contributed by atoms with van der Waals surface area (Å²) in [6.45, 7) is 12.7. The van der Waals surface area contributed by atoms with Gasteiger partial charge in [-0.1, -0.05) is 41.5 Å². The van der Waals surface area contributed by atoms with Crippen molar-refractivity contribution in [1.29, 1.82) is 0 Å². The zero-order valence-corrected chi connectivity index (χ0v) is 12.8. The maximum atomic E-state index is 11.5. The zero-order chi connectivity index (χ0) is 13.7. The Morgan fingerprint density at radius 3 is 1.94 bits per heavy atom. The van der Waals surface area contributed by atoms with Gasteiger partial charge in [0, 0.05) is 0 Å². The third-order valence-corrected chi connectivity index (χ3v) is 2.95. The van der Waals surface area contributed by atoms with Crippen molar-refractivity contribution < 1.29 is 18.5 Å². The number of hydrogen-bond acceptors (Lipinski definition) is 3. The number of hydrogen-bond donors (Lipinski definition) is 1. The monoisotopic (exact) mass is 266 g/mol. The average molecular weight is 266 g/mol. The fraction of sp³-hybridized carbons (Fsp3) is 1.00. The molecule has 1 N–H and O–H groups in total. The van der Waals surface area contributed by atoms with Gasteiger partial charge < -0.3 is 4.89 Å². The molecule has 0 bridgehead atoms. The summed E-state index contributed by atoms with van der Waals surface area (Å²) in [6, 6.07) is 0. The van der Waals surface area contributed by atoms with Gasteiger partial charge in [-0.25, -0.2) is 4.57 Å². The zero-order valence-electron chi connectivity index (χ0n) is 11.9. The van der Waals surface area contributed by atoms with E-state index in [4.69, 9.17) is 9.05 Å². The highest BCUT2D eigenvalue weighted by Crippen LogP contribution is 2.44. The summed E-state index contributed by atoms with van der Waals surface area (Å²) in [5.41, 5.74) is 0.0717. The Kier molecular flexibility index (Phi) is 6.37. The highest BCUT2D eigenvalue weighted by molar-refractivity contribution is 7.47. The van der Waals surface area contributed by atoms with Gasteiger partial charge in [0.25, 0.3) is 0 Å². The molecule has 0 fully saturated rings. The van der Waals surface area contributed by atoms with Crippen molar-refractivity contribution in [3.05, 3.63) is 0 Å². The van der Waals surface area contributed by atoms with Gasteiger partial charge in [-0.3, -0.25) is 9.05 Å². The third-order valence-electron chi connectivity index (χ3n) is 1.99. The first-order valence-electron chi connectivity index (χ1n) is 6.03. The maximum absolute atomic E-state index is 11.5. The Labute approximate surface area is 105 Å². The second-order valence-corrected chi connectivity index (χ2v) is 8.25. The summed E-state index contributed by atoms with van der Waals surface area (Å²) in [5, 5.41) is 0. The minimum atomic E-state index is -3.87. The van der Waals surface area contributed by atoms with Gasteiger partial charge in [-0.05, 0) is 23.7 Å². The van der Waals surface area contributed by atoms with E-state index in [1.807, 2.05) is 20.8 Å². The summed E-state index contributed by atoms with van der Waals surface area (Å²) in [7, 11) is -3.87. The lowest BCUT2D eigenvalue weighted by Gasteiger charge is -2.21. The predicted octanol–water partition coefficient (Wildman–Crippen LogP) is 3.99. The molecule has 4 nitrogen and oxygen atoms in total. The van der Waals surface area contributed by atoms with Crippen LogP contribution in [0.3, 0.4) is 0 Å². The molecule has 0 saturated carbocycles. The fourth-order valence-electron chi connectivity index (χ4n) is 1.09. The van der Waals surface area contributed by atoms with Gasteiger partial charge >= 0.3 is 7.82 Å².